The molecule has 2 aliphatic rings. The molecule has 2 nitrogen and oxygen atoms in total. The largest absolute Gasteiger partial charge is 0.309 e. The molecule has 0 amide bonds. The first kappa shape index (κ1) is 11.7. The molecule has 1 N–H and O–H groups in total. The molecule has 2 fully saturated rings. The van der Waals surface area contributed by atoms with Gasteiger partial charge in [-0.3, -0.25) is 4.90 Å². The van der Waals surface area contributed by atoms with Gasteiger partial charge in [0.15, 0.2) is 0 Å². The van der Waals surface area contributed by atoms with Crippen molar-refractivity contribution in [1.29, 1.82) is 0 Å². The van der Waals surface area contributed by atoms with Gasteiger partial charge in [-0.15, -0.1) is 11.3 Å². The lowest BCUT2D eigenvalue weighted by molar-refractivity contribution is 0.222. The first-order valence-electron chi connectivity index (χ1n) is 6.93. The van der Waals surface area contributed by atoms with Gasteiger partial charge in [-0.2, -0.15) is 0 Å². The molecular weight excluding hydrogens is 228 g/mol. The van der Waals surface area contributed by atoms with E-state index in [1.165, 1.54) is 56.6 Å². The van der Waals surface area contributed by atoms with Crippen molar-refractivity contribution in [2.45, 2.75) is 51.2 Å². The first-order chi connectivity index (χ1) is 8.40. The molecule has 3 rings (SSSR count). The zero-order chi connectivity index (χ0) is 11.5. The van der Waals surface area contributed by atoms with Crippen LogP contribution < -0.4 is 5.32 Å². The second-order valence-corrected chi connectivity index (χ2v) is 6.61. The van der Waals surface area contributed by atoms with Gasteiger partial charge in [0, 0.05) is 28.9 Å². The summed E-state index contributed by atoms with van der Waals surface area (Å²) in [5.41, 5.74) is 0. The molecule has 1 aromatic heterocycles. The fraction of sp³-hybridized carbons (Fsp3) is 0.714. The molecule has 17 heavy (non-hydrogen) atoms. The van der Waals surface area contributed by atoms with Gasteiger partial charge in [0.25, 0.3) is 0 Å². The van der Waals surface area contributed by atoms with Crippen LogP contribution in [0, 0.1) is 0 Å². The van der Waals surface area contributed by atoms with E-state index in [4.69, 9.17) is 0 Å². The van der Waals surface area contributed by atoms with Crippen molar-refractivity contribution < 1.29 is 0 Å². The van der Waals surface area contributed by atoms with Gasteiger partial charge in [0.2, 0.25) is 0 Å². The highest BCUT2D eigenvalue weighted by molar-refractivity contribution is 7.11. The molecule has 2 heterocycles. The highest BCUT2D eigenvalue weighted by Gasteiger charge is 2.20. The minimum absolute atomic E-state index is 0.822. The fourth-order valence-electron chi connectivity index (χ4n) is 2.47. The Balaban J connectivity index is 1.48. The first-order valence-corrected chi connectivity index (χ1v) is 7.75. The van der Waals surface area contributed by atoms with Crippen molar-refractivity contribution in [2.24, 2.45) is 0 Å². The molecule has 94 valence electrons. The summed E-state index contributed by atoms with van der Waals surface area (Å²) in [5, 5.41) is 3.59. The Morgan fingerprint density at radius 3 is 2.65 bits per heavy atom. The monoisotopic (exact) mass is 250 g/mol. The second kappa shape index (κ2) is 5.51. The summed E-state index contributed by atoms with van der Waals surface area (Å²) in [6, 6.07) is 5.45. The summed E-state index contributed by atoms with van der Waals surface area (Å²) in [5.74, 6) is 0. The topological polar surface area (TPSA) is 15.3 Å². The lowest BCUT2D eigenvalue weighted by Gasteiger charge is -2.25. The number of likely N-dealkylation sites (tertiary alicyclic amines) is 1. The average Bonchev–Trinajstić information content (AvgIpc) is 3.09. The van der Waals surface area contributed by atoms with Gasteiger partial charge >= 0.3 is 0 Å². The van der Waals surface area contributed by atoms with E-state index >= 15 is 0 Å². The minimum Gasteiger partial charge on any atom is -0.309 e. The Hall–Kier alpha value is -0.380. The van der Waals surface area contributed by atoms with Crippen LogP contribution in [0.3, 0.4) is 0 Å². The van der Waals surface area contributed by atoms with Crippen LogP contribution in [-0.2, 0) is 13.1 Å². The summed E-state index contributed by atoms with van der Waals surface area (Å²) >= 11 is 1.99. The van der Waals surface area contributed by atoms with Crippen LogP contribution in [0.2, 0.25) is 0 Å². The molecule has 0 spiro atoms. The van der Waals surface area contributed by atoms with Crippen LogP contribution in [0.1, 0.15) is 41.9 Å². The van der Waals surface area contributed by atoms with E-state index in [9.17, 15) is 0 Å². The van der Waals surface area contributed by atoms with Crippen molar-refractivity contribution in [1.82, 2.24) is 10.2 Å². The molecule has 1 saturated carbocycles. The summed E-state index contributed by atoms with van der Waals surface area (Å²) in [7, 11) is 0. The molecule has 0 aromatic carbocycles. The van der Waals surface area contributed by atoms with E-state index in [0.29, 0.717) is 0 Å². The number of hydrogen-bond donors (Lipinski definition) is 1. The Labute approximate surface area is 108 Å². The maximum absolute atomic E-state index is 3.59. The van der Waals surface area contributed by atoms with Crippen molar-refractivity contribution in [3.8, 4) is 0 Å². The second-order valence-electron chi connectivity index (χ2n) is 5.36. The molecule has 1 aliphatic carbocycles. The quantitative estimate of drug-likeness (QED) is 0.864. The Morgan fingerprint density at radius 1 is 1.12 bits per heavy atom. The summed E-state index contributed by atoms with van der Waals surface area (Å²) in [6.45, 7) is 4.85. The molecule has 3 heteroatoms. The smallest absolute Gasteiger partial charge is 0.0328 e. The van der Waals surface area contributed by atoms with Crippen molar-refractivity contribution in [3.05, 3.63) is 21.9 Å². The molecule has 1 saturated heterocycles. The Bertz CT molecular complexity index is 351. The predicted molar refractivity (Wildman–Crippen MR) is 73.3 cm³/mol. The predicted octanol–water partition coefficient (Wildman–Crippen LogP) is 2.99. The Morgan fingerprint density at radius 2 is 1.88 bits per heavy atom. The third-order valence-electron chi connectivity index (χ3n) is 3.69. The van der Waals surface area contributed by atoms with E-state index < -0.39 is 0 Å². The number of nitrogens with zero attached hydrogens (tertiary/aromatic N) is 1. The number of nitrogens with one attached hydrogen (secondary N) is 1. The minimum atomic E-state index is 0.822. The zero-order valence-corrected chi connectivity index (χ0v) is 11.3. The number of thiophene rings is 1. The van der Waals surface area contributed by atoms with Gasteiger partial charge in [-0.05, 0) is 50.9 Å². The standard InChI is InChI=1S/C14H22N2S/c1-2-8-16(9-3-1)11-14-7-6-13(17-14)10-15-12-4-5-12/h6-7,12,15H,1-5,8-11H2. The summed E-state index contributed by atoms with van der Waals surface area (Å²) in [4.78, 5) is 5.65. The molecule has 1 aromatic rings. The van der Waals surface area contributed by atoms with Gasteiger partial charge in [-0.1, -0.05) is 6.42 Å². The number of hydrogen-bond acceptors (Lipinski definition) is 3. The third kappa shape index (κ3) is 3.54. The SMILES string of the molecule is c1cc(CN2CCCCC2)sc1CNC1CC1. The molecule has 0 unspecified atom stereocenters. The molecular formula is C14H22N2S. The lowest BCUT2D eigenvalue weighted by Crippen LogP contribution is -2.28. The van der Waals surface area contributed by atoms with Crippen LogP contribution in [0.4, 0.5) is 0 Å². The molecule has 0 radical (unpaired) electrons. The maximum Gasteiger partial charge on any atom is 0.0328 e. The van der Waals surface area contributed by atoms with Gasteiger partial charge in [0.05, 0.1) is 0 Å². The third-order valence-corrected chi connectivity index (χ3v) is 4.76. The fourth-order valence-corrected chi connectivity index (χ4v) is 3.48. The van der Waals surface area contributed by atoms with E-state index in [2.05, 4.69) is 22.3 Å². The molecule has 0 atom stereocenters. The van der Waals surface area contributed by atoms with Gasteiger partial charge in [0.1, 0.15) is 0 Å². The highest BCUT2D eigenvalue weighted by Crippen LogP contribution is 2.23. The van der Waals surface area contributed by atoms with Crippen LogP contribution in [-0.4, -0.2) is 24.0 Å². The summed E-state index contributed by atoms with van der Waals surface area (Å²) in [6.07, 6.45) is 6.97. The van der Waals surface area contributed by atoms with Crippen LogP contribution in [0.15, 0.2) is 12.1 Å². The van der Waals surface area contributed by atoms with Crippen LogP contribution >= 0.6 is 11.3 Å². The number of rotatable bonds is 5. The van der Waals surface area contributed by atoms with Crippen LogP contribution in [0.5, 0.6) is 0 Å². The van der Waals surface area contributed by atoms with Gasteiger partial charge in [-0.25, -0.2) is 0 Å². The highest BCUT2D eigenvalue weighted by atomic mass is 32.1. The zero-order valence-electron chi connectivity index (χ0n) is 10.5. The van der Waals surface area contributed by atoms with E-state index in [1.807, 2.05) is 11.3 Å². The molecule has 0 bridgehead atoms. The van der Waals surface area contributed by atoms with E-state index in [-0.39, 0.29) is 0 Å². The average molecular weight is 250 g/mol. The molecule has 1 aliphatic heterocycles. The van der Waals surface area contributed by atoms with E-state index in [1.54, 1.807) is 4.88 Å². The van der Waals surface area contributed by atoms with E-state index in [0.717, 1.165) is 12.6 Å². The maximum atomic E-state index is 3.59. The summed E-state index contributed by atoms with van der Waals surface area (Å²) < 4.78 is 0. The van der Waals surface area contributed by atoms with Crippen molar-refractivity contribution in [3.63, 3.8) is 0 Å². The van der Waals surface area contributed by atoms with Crippen molar-refractivity contribution in [2.75, 3.05) is 13.1 Å². The van der Waals surface area contributed by atoms with Gasteiger partial charge < -0.3 is 5.32 Å². The van der Waals surface area contributed by atoms with Crippen molar-refractivity contribution >= 4 is 11.3 Å². The Kier molecular flexibility index (Phi) is 3.79. The lowest BCUT2D eigenvalue weighted by atomic mass is 10.1. The number of piperidine rings is 1. The normalized spacial score (nSPS) is 21.9. The van der Waals surface area contributed by atoms with Crippen LogP contribution in [0.25, 0.3) is 0 Å².